The van der Waals surface area contributed by atoms with Crippen LogP contribution in [-0.2, 0) is 14.8 Å². The number of rotatable bonds is 5. The van der Waals surface area contributed by atoms with Crippen molar-refractivity contribution in [2.75, 3.05) is 31.5 Å². The van der Waals surface area contributed by atoms with Crippen molar-refractivity contribution in [3.05, 3.63) is 29.3 Å². The molecule has 0 aliphatic carbocycles. The van der Waals surface area contributed by atoms with Gasteiger partial charge in [-0.3, -0.25) is 15.0 Å². The molecule has 2 aromatic rings. The number of piperazine rings is 1. The molecular weight excluding hydrogens is 364 g/mol. The predicted molar refractivity (Wildman–Crippen MR) is 94.0 cm³/mol. The Labute approximate surface area is 150 Å². The van der Waals surface area contributed by atoms with Crippen LogP contribution in [0.5, 0.6) is 0 Å². The molecule has 1 N–H and O–H groups in total. The molecule has 0 spiro atoms. The Morgan fingerprint density at radius 2 is 2.08 bits per heavy atom. The van der Waals surface area contributed by atoms with Crippen molar-refractivity contribution in [2.45, 2.75) is 24.1 Å². The number of amides is 1. The zero-order valence-corrected chi connectivity index (χ0v) is 15.6. The maximum Gasteiger partial charge on any atom is 0.252 e. The fourth-order valence-electron chi connectivity index (χ4n) is 2.68. The number of nitrogens with zero attached hydrogens (tertiary/aromatic N) is 3. The van der Waals surface area contributed by atoms with Crippen molar-refractivity contribution in [1.29, 1.82) is 0 Å². The molecule has 1 amide bonds. The molecule has 0 unspecified atom stereocenters. The number of carbonyl (C=O) groups is 1. The molecule has 3 heterocycles. The third-order valence-electron chi connectivity index (χ3n) is 4.16. The second-order valence-electron chi connectivity index (χ2n) is 5.87. The summed E-state index contributed by atoms with van der Waals surface area (Å²) in [5.74, 6) is 0.110. The van der Waals surface area contributed by atoms with Crippen LogP contribution >= 0.6 is 11.3 Å². The summed E-state index contributed by atoms with van der Waals surface area (Å²) in [5.41, 5.74) is 0.690. The van der Waals surface area contributed by atoms with Crippen LogP contribution in [-0.4, -0.2) is 60.9 Å². The third-order valence-corrected chi connectivity index (χ3v) is 7.44. The van der Waals surface area contributed by atoms with Crippen molar-refractivity contribution in [3.63, 3.8) is 0 Å². The van der Waals surface area contributed by atoms with Crippen LogP contribution in [0.4, 0.5) is 5.88 Å². The number of carbonyl (C=O) groups excluding carboxylic acids is 1. The van der Waals surface area contributed by atoms with Crippen LogP contribution in [0.3, 0.4) is 0 Å². The molecular formula is C15H20N4O4S2. The maximum absolute atomic E-state index is 12.5. The minimum absolute atomic E-state index is 0.203. The van der Waals surface area contributed by atoms with Gasteiger partial charge >= 0.3 is 0 Å². The van der Waals surface area contributed by atoms with E-state index in [0.717, 1.165) is 0 Å². The smallest absolute Gasteiger partial charge is 0.252 e. The van der Waals surface area contributed by atoms with E-state index in [2.05, 4.69) is 10.5 Å². The Hall–Kier alpha value is -1.75. The predicted octanol–water partition coefficient (Wildman–Crippen LogP) is 1.38. The zero-order valence-electron chi connectivity index (χ0n) is 14.0. The van der Waals surface area contributed by atoms with Crippen molar-refractivity contribution < 1.29 is 17.7 Å². The average Bonchev–Trinajstić information content (AvgIpc) is 3.26. The number of sulfonamides is 1. The lowest BCUT2D eigenvalue weighted by Gasteiger charge is -2.36. The Balaban J connectivity index is 1.57. The van der Waals surface area contributed by atoms with E-state index in [1.54, 1.807) is 37.4 Å². The third kappa shape index (κ3) is 3.92. The van der Waals surface area contributed by atoms with Gasteiger partial charge in [0.1, 0.15) is 4.21 Å². The van der Waals surface area contributed by atoms with Gasteiger partial charge in [-0.25, -0.2) is 8.42 Å². The van der Waals surface area contributed by atoms with Gasteiger partial charge in [0.15, 0.2) is 0 Å². The molecule has 1 fully saturated rings. The van der Waals surface area contributed by atoms with E-state index in [9.17, 15) is 13.2 Å². The van der Waals surface area contributed by atoms with Gasteiger partial charge in [0.2, 0.25) is 11.8 Å². The largest absolute Gasteiger partial charge is 0.338 e. The standard InChI is InChI=1S/C15H20N4O4S2/c1-11-10-13(23-17-11)16-15(20)12(2)18-5-7-19(8-6-18)25(21,22)14-4-3-9-24-14/h3-4,9-10,12H,5-8H2,1-2H3,(H,16,20)/t12-/m0/s1. The highest BCUT2D eigenvalue weighted by Gasteiger charge is 2.32. The number of anilines is 1. The first kappa shape index (κ1) is 18.1. The van der Waals surface area contributed by atoms with Crippen LogP contribution in [0, 0.1) is 6.92 Å². The molecule has 1 aliphatic rings. The molecule has 1 aliphatic heterocycles. The summed E-state index contributed by atoms with van der Waals surface area (Å²) in [6.45, 7) is 5.28. The summed E-state index contributed by atoms with van der Waals surface area (Å²) < 4.78 is 31.9. The van der Waals surface area contributed by atoms with Crippen LogP contribution < -0.4 is 5.32 Å². The molecule has 3 rings (SSSR count). The molecule has 1 saturated heterocycles. The van der Waals surface area contributed by atoms with E-state index in [4.69, 9.17) is 4.52 Å². The Bertz CT molecular complexity index is 824. The zero-order chi connectivity index (χ0) is 18.0. The van der Waals surface area contributed by atoms with Gasteiger partial charge in [0.05, 0.1) is 11.7 Å². The fraction of sp³-hybridized carbons (Fsp3) is 0.467. The molecule has 25 heavy (non-hydrogen) atoms. The van der Waals surface area contributed by atoms with Gasteiger partial charge in [-0.1, -0.05) is 11.2 Å². The molecule has 8 nitrogen and oxygen atoms in total. The van der Waals surface area contributed by atoms with E-state index in [-0.39, 0.29) is 5.91 Å². The summed E-state index contributed by atoms with van der Waals surface area (Å²) in [6.07, 6.45) is 0. The molecule has 10 heteroatoms. The number of thiophene rings is 1. The van der Waals surface area contributed by atoms with Crippen molar-refractivity contribution in [1.82, 2.24) is 14.4 Å². The van der Waals surface area contributed by atoms with E-state index in [0.29, 0.717) is 42.0 Å². The Kier molecular flexibility index (Phi) is 5.23. The van der Waals surface area contributed by atoms with E-state index >= 15 is 0 Å². The van der Waals surface area contributed by atoms with Crippen molar-refractivity contribution in [3.8, 4) is 0 Å². The lowest BCUT2D eigenvalue weighted by molar-refractivity contribution is -0.121. The Morgan fingerprint density at radius 1 is 1.36 bits per heavy atom. The first-order chi connectivity index (χ1) is 11.9. The summed E-state index contributed by atoms with van der Waals surface area (Å²) in [4.78, 5) is 14.3. The average molecular weight is 384 g/mol. The molecule has 2 aromatic heterocycles. The maximum atomic E-state index is 12.5. The number of aromatic nitrogens is 1. The summed E-state index contributed by atoms with van der Waals surface area (Å²) in [6, 6.07) is 4.60. The van der Waals surface area contributed by atoms with E-state index in [1.807, 2.05) is 4.90 Å². The van der Waals surface area contributed by atoms with Crippen LogP contribution in [0.2, 0.25) is 0 Å². The lowest BCUT2D eigenvalue weighted by Crippen LogP contribution is -2.53. The van der Waals surface area contributed by atoms with Gasteiger partial charge in [0, 0.05) is 32.2 Å². The highest BCUT2D eigenvalue weighted by atomic mass is 32.2. The molecule has 0 radical (unpaired) electrons. The van der Waals surface area contributed by atoms with Gasteiger partial charge < -0.3 is 4.52 Å². The summed E-state index contributed by atoms with van der Waals surface area (Å²) in [7, 11) is -3.43. The quantitative estimate of drug-likeness (QED) is 0.837. The topological polar surface area (TPSA) is 95.8 Å². The number of hydrogen-bond donors (Lipinski definition) is 1. The molecule has 1 atom stereocenters. The molecule has 0 bridgehead atoms. The monoisotopic (exact) mass is 384 g/mol. The normalized spacial score (nSPS) is 18.2. The second kappa shape index (κ2) is 7.24. The van der Waals surface area contributed by atoms with Gasteiger partial charge in [-0.2, -0.15) is 4.31 Å². The number of aryl methyl sites for hydroxylation is 1. The van der Waals surface area contributed by atoms with Gasteiger partial charge in [-0.05, 0) is 25.3 Å². The lowest BCUT2D eigenvalue weighted by atomic mass is 10.2. The van der Waals surface area contributed by atoms with E-state index < -0.39 is 16.1 Å². The molecule has 136 valence electrons. The SMILES string of the molecule is Cc1cc(NC(=O)[C@H](C)N2CCN(S(=O)(=O)c3cccs3)CC2)on1. The van der Waals surface area contributed by atoms with Gasteiger partial charge in [0.25, 0.3) is 10.0 Å². The summed E-state index contributed by atoms with van der Waals surface area (Å²) in [5, 5.41) is 8.16. The van der Waals surface area contributed by atoms with Crippen LogP contribution in [0.1, 0.15) is 12.6 Å². The van der Waals surface area contributed by atoms with Crippen molar-refractivity contribution >= 4 is 33.2 Å². The summed E-state index contributed by atoms with van der Waals surface area (Å²) >= 11 is 1.22. The number of nitrogens with one attached hydrogen (secondary N) is 1. The van der Waals surface area contributed by atoms with Crippen LogP contribution in [0.15, 0.2) is 32.3 Å². The Morgan fingerprint density at radius 3 is 2.64 bits per heavy atom. The van der Waals surface area contributed by atoms with Crippen LogP contribution in [0.25, 0.3) is 0 Å². The first-order valence-electron chi connectivity index (χ1n) is 7.90. The molecule has 0 saturated carbocycles. The number of hydrogen-bond acceptors (Lipinski definition) is 7. The van der Waals surface area contributed by atoms with Gasteiger partial charge in [-0.15, -0.1) is 11.3 Å². The first-order valence-corrected chi connectivity index (χ1v) is 10.2. The fourth-order valence-corrected chi connectivity index (χ4v) is 5.25. The minimum atomic E-state index is -3.43. The highest BCUT2D eigenvalue weighted by Crippen LogP contribution is 2.22. The minimum Gasteiger partial charge on any atom is -0.338 e. The highest BCUT2D eigenvalue weighted by molar-refractivity contribution is 7.91. The molecule has 0 aromatic carbocycles. The second-order valence-corrected chi connectivity index (χ2v) is 8.98. The van der Waals surface area contributed by atoms with Crippen molar-refractivity contribution in [2.24, 2.45) is 0 Å². The van der Waals surface area contributed by atoms with E-state index in [1.165, 1.54) is 15.6 Å².